The smallest absolute Gasteiger partial charge is 0.277 e. The van der Waals surface area contributed by atoms with Crippen molar-refractivity contribution in [3.05, 3.63) is 0 Å². The third-order valence-corrected chi connectivity index (χ3v) is 4.60. The van der Waals surface area contributed by atoms with Gasteiger partial charge in [-0.05, 0) is 12.8 Å². The monoisotopic (exact) mass is 278 g/mol. The van der Waals surface area contributed by atoms with E-state index in [1.165, 1.54) is 7.05 Å². The Labute approximate surface area is 108 Å². The van der Waals surface area contributed by atoms with Crippen LogP contribution in [0.2, 0.25) is 0 Å². The largest absolute Gasteiger partial charge is 0.409 e. The van der Waals surface area contributed by atoms with E-state index in [2.05, 4.69) is 14.6 Å². The molecule has 0 amide bonds. The van der Waals surface area contributed by atoms with Crippen molar-refractivity contribution in [3.63, 3.8) is 0 Å². The zero-order chi connectivity index (χ0) is 13.6. The van der Waals surface area contributed by atoms with Crippen molar-refractivity contribution in [1.82, 2.24) is 9.44 Å². The molecule has 0 aromatic rings. The topological polar surface area (TPSA) is 117 Å². The number of nitrogens with two attached hydrogens (primary N) is 1. The van der Waals surface area contributed by atoms with Crippen molar-refractivity contribution in [2.45, 2.75) is 50.5 Å². The van der Waals surface area contributed by atoms with E-state index in [-0.39, 0.29) is 5.84 Å². The van der Waals surface area contributed by atoms with Gasteiger partial charge < -0.3 is 10.9 Å². The maximum Gasteiger partial charge on any atom is 0.277 e. The maximum absolute atomic E-state index is 11.7. The van der Waals surface area contributed by atoms with Gasteiger partial charge in [-0.1, -0.05) is 37.3 Å². The van der Waals surface area contributed by atoms with Gasteiger partial charge in [-0.2, -0.15) is 13.1 Å². The molecule has 0 heterocycles. The fourth-order valence-corrected chi connectivity index (χ4v) is 3.25. The molecule has 0 unspecified atom stereocenters. The first-order chi connectivity index (χ1) is 8.46. The lowest BCUT2D eigenvalue weighted by molar-refractivity contribution is 0.299. The van der Waals surface area contributed by atoms with Crippen LogP contribution in [0.25, 0.3) is 0 Å². The molecule has 5 N–H and O–H groups in total. The van der Waals surface area contributed by atoms with E-state index in [1.807, 2.05) is 0 Å². The average molecular weight is 278 g/mol. The Morgan fingerprint density at radius 3 is 2.17 bits per heavy atom. The number of hydrogen-bond donors (Lipinski definition) is 4. The van der Waals surface area contributed by atoms with Crippen LogP contribution in [-0.4, -0.2) is 32.0 Å². The van der Waals surface area contributed by atoms with Gasteiger partial charge in [-0.25, -0.2) is 4.72 Å². The van der Waals surface area contributed by atoms with E-state index in [1.54, 1.807) is 0 Å². The quantitative estimate of drug-likeness (QED) is 0.255. The van der Waals surface area contributed by atoms with Gasteiger partial charge in [-0.3, -0.25) is 0 Å². The third-order valence-electron chi connectivity index (χ3n) is 3.40. The van der Waals surface area contributed by atoms with Crippen molar-refractivity contribution < 1.29 is 13.6 Å². The molecule has 0 radical (unpaired) electrons. The molecule has 7 nitrogen and oxygen atoms in total. The molecule has 0 saturated heterocycles. The van der Waals surface area contributed by atoms with Gasteiger partial charge in [-0.15, -0.1) is 0 Å². The number of nitrogens with one attached hydrogen (secondary N) is 2. The SMILES string of the molecule is CNS(=O)(=O)NC1(C(N)=NO)CCCCCCC1. The zero-order valence-corrected chi connectivity index (χ0v) is 11.5. The molecule has 1 aliphatic carbocycles. The third kappa shape index (κ3) is 3.82. The van der Waals surface area contributed by atoms with Crippen molar-refractivity contribution in [2.24, 2.45) is 10.9 Å². The summed E-state index contributed by atoms with van der Waals surface area (Å²) in [7, 11) is -2.31. The summed E-state index contributed by atoms with van der Waals surface area (Å²) in [5, 5.41) is 11.9. The van der Waals surface area contributed by atoms with Crippen LogP contribution in [0.1, 0.15) is 44.9 Å². The van der Waals surface area contributed by atoms with Crippen LogP contribution in [0.5, 0.6) is 0 Å². The Balaban J connectivity index is 3.00. The normalized spacial score (nSPS) is 22.2. The molecule has 106 valence electrons. The lowest BCUT2D eigenvalue weighted by Crippen LogP contribution is -2.59. The first-order valence-corrected chi connectivity index (χ1v) is 7.64. The van der Waals surface area contributed by atoms with E-state index in [0.29, 0.717) is 12.8 Å². The Hall–Kier alpha value is -0.860. The second-order valence-electron chi connectivity index (χ2n) is 4.64. The van der Waals surface area contributed by atoms with E-state index in [4.69, 9.17) is 10.9 Å². The van der Waals surface area contributed by atoms with Crippen LogP contribution in [0, 0.1) is 0 Å². The van der Waals surface area contributed by atoms with Gasteiger partial charge in [0.15, 0.2) is 5.84 Å². The lowest BCUT2D eigenvalue weighted by Gasteiger charge is -2.34. The lowest BCUT2D eigenvalue weighted by atomic mass is 9.84. The summed E-state index contributed by atoms with van der Waals surface area (Å²) in [6, 6.07) is 0. The number of oxime groups is 1. The highest BCUT2D eigenvalue weighted by Gasteiger charge is 2.38. The maximum atomic E-state index is 11.7. The van der Waals surface area contributed by atoms with Gasteiger partial charge in [0.1, 0.15) is 0 Å². The fraction of sp³-hybridized carbons (Fsp3) is 0.900. The molecular weight excluding hydrogens is 256 g/mol. The van der Waals surface area contributed by atoms with Crippen LogP contribution in [-0.2, 0) is 10.2 Å². The first kappa shape index (κ1) is 15.2. The van der Waals surface area contributed by atoms with Crippen LogP contribution >= 0.6 is 0 Å². The van der Waals surface area contributed by atoms with E-state index >= 15 is 0 Å². The highest BCUT2D eigenvalue weighted by Crippen LogP contribution is 2.27. The Bertz CT molecular complexity index is 386. The molecule has 1 fully saturated rings. The Morgan fingerprint density at radius 2 is 1.72 bits per heavy atom. The van der Waals surface area contributed by atoms with Crippen molar-refractivity contribution in [2.75, 3.05) is 7.05 Å². The molecular formula is C10H22N4O3S. The van der Waals surface area contributed by atoms with Crippen molar-refractivity contribution in [3.8, 4) is 0 Å². The molecule has 1 rings (SSSR count). The summed E-state index contributed by atoms with van der Waals surface area (Å²) in [6.45, 7) is 0. The average Bonchev–Trinajstić information content (AvgIpc) is 2.31. The van der Waals surface area contributed by atoms with Gasteiger partial charge in [0.2, 0.25) is 0 Å². The van der Waals surface area contributed by atoms with Gasteiger partial charge in [0.25, 0.3) is 10.2 Å². The molecule has 0 aromatic carbocycles. The van der Waals surface area contributed by atoms with Crippen LogP contribution in [0.15, 0.2) is 5.16 Å². The molecule has 18 heavy (non-hydrogen) atoms. The molecule has 0 atom stereocenters. The van der Waals surface area contributed by atoms with E-state index in [9.17, 15) is 8.42 Å². The second kappa shape index (κ2) is 6.35. The minimum Gasteiger partial charge on any atom is -0.409 e. The predicted molar refractivity (Wildman–Crippen MR) is 69.6 cm³/mol. The van der Waals surface area contributed by atoms with Gasteiger partial charge in [0.05, 0.1) is 5.54 Å². The van der Waals surface area contributed by atoms with Crippen LogP contribution < -0.4 is 15.2 Å². The highest BCUT2D eigenvalue weighted by atomic mass is 32.2. The Kier molecular flexibility index (Phi) is 5.36. The number of nitrogens with zero attached hydrogens (tertiary/aromatic N) is 1. The van der Waals surface area contributed by atoms with Gasteiger partial charge >= 0.3 is 0 Å². The molecule has 0 aliphatic heterocycles. The van der Waals surface area contributed by atoms with E-state index in [0.717, 1.165) is 32.1 Å². The van der Waals surface area contributed by atoms with Crippen molar-refractivity contribution >= 4 is 16.0 Å². The fourth-order valence-electron chi connectivity index (χ4n) is 2.32. The summed E-state index contributed by atoms with van der Waals surface area (Å²) < 4.78 is 28.1. The molecule has 8 heteroatoms. The minimum absolute atomic E-state index is 0.0665. The van der Waals surface area contributed by atoms with Crippen LogP contribution in [0.4, 0.5) is 0 Å². The molecule has 1 saturated carbocycles. The summed E-state index contributed by atoms with van der Waals surface area (Å²) in [5.74, 6) is -0.0665. The van der Waals surface area contributed by atoms with Crippen LogP contribution in [0.3, 0.4) is 0 Å². The van der Waals surface area contributed by atoms with Gasteiger partial charge in [0, 0.05) is 7.05 Å². The summed E-state index contributed by atoms with van der Waals surface area (Å²) in [6.07, 6.45) is 5.99. The van der Waals surface area contributed by atoms with E-state index < -0.39 is 15.7 Å². The zero-order valence-electron chi connectivity index (χ0n) is 10.6. The molecule has 0 aromatic heterocycles. The Morgan fingerprint density at radius 1 is 1.22 bits per heavy atom. The summed E-state index contributed by atoms with van der Waals surface area (Å²) >= 11 is 0. The summed E-state index contributed by atoms with van der Waals surface area (Å²) in [5.41, 5.74) is 4.74. The first-order valence-electron chi connectivity index (χ1n) is 6.16. The number of amidine groups is 1. The predicted octanol–water partition coefficient (Wildman–Crippen LogP) is 0.270. The molecule has 0 bridgehead atoms. The standard InChI is InChI=1S/C10H22N4O3S/c1-12-18(16,17)14-10(9(11)13-15)7-5-3-2-4-6-8-10/h12,14-15H,2-8H2,1H3,(H2,11,13). The highest BCUT2D eigenvalue weighted by molar-refractivity contribution is 7.87. The number of rotatable bonds is 4. The number of hydrogen-bond acceptors (Lipinski definition) is 4. The molecule has 1 aliphatic rings. The minimum atomic E-state index is -3.63. The van der Waals surface area contributed by atoms with Crippen molar-refractivity contribution in [1.29, 1.82) is 0 Å². The second-order valence-corrected chi connectivity index (χ2v) is 6.26. The summed E-state index contributed by atoms with van der Waals surface area (Å²) in [4.78, 5) is 0. The molecule has 0 spiro atoms.